The molecule has 4 N–H and O–H groups in total. The third-order valence-corrected chi connectivity index (χ3v) is 6.15. The fourth-order valence-corrected chi connectivity index (χ4v) is 4.04. The van der Waals surface area contributed by atoms with E-state index in [1.807, 2.05) is 0 Å². The first-order chi connectivity index (χ1) is 17.1. The predicted molar refractivity (Wildman–Crippen MR) is 127 cm³/mol. The fraction of sp³-hybridized carbons (Fsp3) is 0.238. The fourth-order valence-electron chi connectivity index (χ4n) is 3.60. The van der Waals surface area contributed by atoms with Crippen LogP contribution in [0.1, 0.15) is 24.8 Å². The number of carbonyl (C=O) groups is 2. The zero-order chi connectivity index (χ0) is 25.6. The Morgan fingerprint density at radius 2 is 2.06 bits per heavy atom. The number of anilines is 3. The molecule has 0 radical (unpaired) electrons. The molecule has 0 atom stereocenters. The van der Waals surface area contributed by atoms with E-state index in [1.54, 1.807) is 6.07 Å². The number of halogens is 2. The van der Waals surface area contributed by atoms with Crippen LogP contribution in [-0.2, 0) is 18.7 Å². The zero-order valence-corrected chi connectivity index (χ0v) is 20.0. The molecular weight excluding hydrogens is 518 g/mol. The van der Waals surface area contributed by atoms with Gasteiger partial charge < -0.3 is 20.4 Å². The van der Waals surface area contributed by atoms with Gasteiger partial charge in [-0.1, -0.05) is 11.6 Å². The molecule has 3 heterocycles. The molecule has 0 spiro atoms. The Bertz CT molecular complexity index is 1470. The second-order valence-electron chi connectivity index (χ2n) is 8.25. The molecule has 2 aliphatic rings. The number of phosphoric ester groups is 1. The number of nitrogens with zero attached hydrogens (tertiary/aromatic N) is 4. The summed E-state index contributed by atoms with van der Waals surface area (Å²) < 4.78 is 31.1. The second kappa shape index (κ2) is 9.26. The summed E-state index contributed by atoms with van der Waals surface area (Å²) in [6.07, 6.45) is 4.56. The second-order valence-corrected chi connectivity index (χ2v) is 9.93. The van der Waals surface area contributed by atoms with E-state index in [9.17, 15) is 18.5 Å². The lowest BCUT2D eigenvalue weighted by molar-refractivity contribution is -0.141. The summed E-state index contributed by atoms with van der Waals surface area (Å²) in [6, 6.07) is 6.00. The van der Waals surface area contributed by atoms with Crippen molar-refractivity contribution in [3.8, 4) is 0 Å². The van der Waals surface area contributed by atoms with E-state index in [0.717, 1.165) is 12.8 Å². The summed E-state index contributed by atoms with van der Waals surface area (Å²) in [5.41, 5.74) is 0.914. The lowest BCUT2D eigenvalue weighted by Gasteiger charge is -2.13. The van der Waals surface area contributed by atoms with Crippen LogP contribution in [0.25, 0.3) is 11.7 Å². The number of fused-ring (bicyclic) bond motifs is 1. The summed E-state index contributed by atoms with van der Waals surface area (Å²) in [6.45, 7) is -0.874. The third kappa shape index (κ3) is 5.25. The van der Waals surface area contributed by atoms with Crippen molar-refractivity contribution >= 4 is 60.3 Å². The topological polar surface area (TPSA) is 158 Å². The Morgan fingerprint density at radius 1 is 1.28 bits per heavy atom. The van der Waals surface area contributed by atoms with Crippen LogP contribution < -0.4 is 10.6 Å². The average Bonchev–Trinajstić information content (AvgIpc) is 3.46. The molecule has 5 rings (SSSR count). The number of imide groups is 1. The summed E-state index contributed by atoms with van der Waals surface area (Å²) in [4.78, 5) is 47.8. The van der Waals surface area contributed by atoms with Crippen molar-refractivity contribution in [2.24, 2.45) is 0 Å². The standard InChI is InChI=1S/C21H19ClFN6O6P/c22-13-1-4-15(23)16(7-13)26-17-8-18(25-14-2-3-14)29-20(27-17)12(9-24-29)5-11-6-19(30)28(21(11)31)10-35-36(32,33)34/h1,4-5,7-9,14,25H,2-3,6,10H2,(H,26,27)(H2,32,33,34)/b11-5+. The van der Waals surface area contributed by atoms with Crippen molar-refractivity contribution in [2.45, 2.75) is 25.3 Å². The van der Waals surface area contributed by atoms with Gasteiger partial charge in [-0.3, -0.25) is 19.0 Å². The van der Waals surface area contributed by atoms with Crippen molar-refractivity contribution in [3.05, 3.63) is 52.4 Å². The maximum absolute atomic E-state index is 14.3. The molecule has 1 aliphatic carbocycles. The minimum absolute atomic E-state index is 0.0713. The van der Waals surface area contributed by atoms with Gasteiger partial charge in [-0.2, -0.15) is 9.61 Å². The Labute approximate surface area is 208 Å². The molecule has 36 heavy (non-hydrogen) atoms. The maximum atomic E-state index is 14.3. The van der Waals surface area contributed by atoms with Crippen molar-refractivity contribution in [3.63, 3.8) is 0 Å². The highest BCUT2D eigenvalue weighted by Gasteiger charge is 2.35. The molecule has 1 aliphatic heterocycles. The van der Waals surface area contributed by atoms with E-state index >= 15 is 0 Å². The van der Waals surface area contributed by atoms with Gasteiger partial charge in [0.2, 0.25) is 5.91 Å². The first-order valence-corrected chi connectivity index (χ1v) is 12.6. The molecule has 1 saturated heterocycles. The molecule has 2 fully saturated rings. The quantitative estimate of drug-likeness (QED) is 0.191. The number of benzene rings is 1. The molecule has 0 bridgehead atoms. The molecule has 1 saturated carbocycles. The Morgan fingerprint density at radius 3 is 2.78 bits per heavy atom. The van der Waals surface area contributed by atoms with Gasteiger partial charge in [-0.05, 0) is 37.1 Å². The number of aromatic nitrogens is 3. The Kier molecular flexibility index (Phi) is 6.27. The lowest BCUT2D eigenvalue weighted by Crippen LogP contribution is -2.31. The highest BCUT2D eigenvalue weighted by atomic mass is 35.5. The number of rotatable bonds is 8. The zero-order valence-electron chi connectivity index (χ0n) is 18.4. The molecule has 3 aromatic rings. The normalized spacial score (nSPS) is 17.4. The van der Waals surface area contributed by atoms with Gasteiger partial charge >= 0.3 is 7.82 Å². The highest BCUT2D eigenvalue weighted by Crippen LogP contribution is 2.37. The van der Waals surface area contributed by atoms with E-state index in [2.05, 4.69) is 25.2 Å². The smallest absolute Gasteiger partial charge is 0.367 e. The number of amides is 2. The number of carbonyl (C=O) groups excluding carboxylic acids is 2. The minimum atomic E-state index is -4.87. The van der Waals surface area contributed by atoms with Gasteiger partial charge in [0, 0.05) is 28.3 Å². The van der Waals surface area contributed by atoms with Gasteiger partial charge in [0.25, 0.3) is 5.91 Å². The van der Waals surface area contributed by atoms with Crippen LogP contribution in [0.3, 0.4) is 0 Å². The number of hydrogen-bond donors (Lipinski definition) is 4. The van der Waals surface area contributed by atoms with E-state index in [-0.39, 0.29) is 29.5 Å². The summed E-state index contributed by atoms with van der Waals surface area (Å²) >= 11 is 6.00. The molecule has 188 valence electrons. The minimum Gasteiger partial charge on any atom is -0.367 e. The molecule has 2 amide bonds. The van der Waals surface area contributed by atoms with Crippen molar-refractivity contribution < 1.29 is 32.9 Å². The van der Waals surface area contributed by atoms with E-state index < -0.39 is 32.2 Å². The summed E-state index contributed by atoms with van der Waals surface area (Å²) in [7, 11) is -4.87. The molecule has 2 aromatic heterocycles. The third-order valence-electron chi connectivity index (χ3n) is 5.47. The lowest BCUT2D eigenvalue weighted by atomic mass is 10.1. The summed E-state index contributed by atoms with van der Waals surface area (Å²) in [5, 5.41) is 10.9. The maximum Gasteiger partial charge on any atom is 0.471 e. The van der Waals surface area contributed by atoms with Crippen LogP contribution in [0.4, 0.5) is 21.7 Å². The van der Waals surface area contributed by atoms with Gasteiger partial charge in [0.05, 0.1) is 18.3 Å². The molecule has 0 unspecified atom stereocenters. The molecule has 1 aromatic carbocycles. The first kappa shape index (κ1) is 24.3. The van der Waals surface area contributed by atoms with Gasteiger partial charge in [0.1, 0.15) is 24.2 Å². The Balaban J connectivity index is 1.50. The molecule has 15 heteroatoms. The van der Waals surface area contributed by atoms with Crippen molar-refractivity contribution in [1.29, 1.82) is 0 Å². The van der Waals surface area contributed by atoms with E-state index in [4.69, 9.17) is 21.4 Å². The Hall–Kier alpha value is -3.35. The van der Waals surface area contributed by atoms with Gasteiger partial charge in [-0.25, -0.2) is 13.9 Å². The van der Waals surface area contributed by atoms with E-state index in [0.29, 0.717) is 27.0 Å². The largest absolute Gasteiger partial charge is 0.471 e. The van der Waals surface area contributed by atoms with E-state index in [1.165, 1.54) is 35.0 Å². The van der Waals surface area contributed by atoms with Gasteiger partial charge in [0.15, 0.2) is 5.65 Å². The highest BCUT2D eigenvalue weighted by molar-refractivity contribution is 7.46. The number of hydrogen-bond acceptors (Lipinski definition) is 8. The monoisotopic (exact) mass is 536 g/mol. The van der Waals surface area contributed by atoms with Crippen LogP contribution in [0, 0.1) is 5.82 Å². The first-order valence-electron chi connectivity index (χ1n) is 10.7. The number of phosphoric acid groups is 1. The summed E-state index contributed by atoms with van der Waals surface area (Å²) in [5.74, 6) is -1.07. The number of nitrogens with one attached hydrogen (secondary N) is 2. The average molecular weight is 537 g/mol. The molecule has 12 nitrogen and oxygen atoms in total. The van der Waals surface area contributed by atoms with Crippen LogP contribution in [0.5, 0.6) is 0 Å². The van der Waals surface area contributed by atoms with Crippen LogP contribution in [0.2, 0.25) is 5.02 Å². The number of likely N-dealkylation sites (tertiary alicyclic amines) is 1. The molecular formula is C21H19ClFN6O6P. The van der Waals surface area contributed by atoms with Gasteiger partial charge in [-0.15, -0.1) is 0 Å². The SMILES string of the molecule is O=C1C/C(=C\c2cnn3c(NC4CC4)cc(Nc4cc(Cl)ccc4F)nc23)C(=O)N1COP(=O)(O)O. The van der Waals surface area contributed by atoms with Crippen LogP contribution >= 0.6 is 19.4 Å². The van der Waals surface area contributed by atoms with Crippen LogP contribution in [0.15, 0.2) is 36.0 Å². The van der Waals surface area contributed by atoms with Crippen molar-refractivity contribution in [1.82, 2.24) is 19.5 Å². The van der Waals surface area contributed by atoms with Crippen LogP contribution in [-0.4, -0.2) is 53.9 Å². The van der Waals surface area contributed by atoms with Crippen molar-refractivity contribution in [2.75, 3.05) is 17.4 Å². The predicted octanol–water partition coefficient (Wildman–Crippen LogP) is 3.05.